The molecule has 0 atom stereocenters. The smallest absolute Gasteiger partial charge is 0.119 e. The van der Waals surface area contributed by atoms with Gasteiger partial charge in [-0.05, 0) is 30.7 Å². The average molecular weight is 299 g/mol. The van der Waals surface area contributed by atoms with Gasteiger partial charge < -0.3 is 0 Å². The van der Waals surface area contributed by atoms with Gasteiger partial charge in [0.1, 0.15) is 5.69 Å². The number of fused-ring (bicyclic) bond motifs is 1. The van der Waals surface area contributed by atoms with Crippen molar-refractivity contribution in [3.8, 4) is 11.4 Å². The predicted octanol–water partition coefficient (Wildman–Crippen LogP) is 4.46. The summed E-state index contributed by atoms with van der Waals surface area (Å²) in [4.78, 5) is 4.64. The quantitative estimate of drug-likeness (QED) is 0.559. The molecular formula is C20H17N3. The van der Waals surface area contributed by atoms with Gasteiger partial charge in [-0.25, -0.2) is 0 Å². The number of benzene rings is 2. The SMILES string of the molecule is Cc1cccc(-c2nn(Cc3ccccc3)c3ccccc23)n1. The number of para-hydroxylation sites is 1. The Bertz CT molecular complexity index is 955. The number of hydrogen-bond donors (Lipinski definition) is 0. The van der Waals surface area contributed by atoms with Gasteiger partial charge in [0.2, 0.25) is 0 Å². The highest BCUT2D eigenvalue weighted by Gasteiger charge is 2.13. The molecule has 0 saturated carbocycles. The van der Waals surface area contributed by atoms with Gasteiger partial charge >= 0.3 is 0 Å². The summed E-state index contributed by atoms with van der Waals surface area (Å²) in [5.41, 5.74) is 5.25. The van der Waals surface area contributed by atoms with Crippen molar-refractivity contribution >= 4 is 10.9 Å². The van der Waals surface area contributed by atoms with Crippen LogP contribution in [0.4, 0.5) is 0 Å². The van der Waals surface area contributed by atoms with E-state index in [1.807, 2.05) is 31.2 Å². The first-order chi connectivity index (χ1) is 11.3. The van der Waals surface area contributed by atoms with Crippen LogP contribution in [0.15, 0.2) is 72.8 Å². The van der Waals surface area contributed by atoms with E-state index in [2.05, 4.69) is 58.2 Å². The molecule has 0 saturated heterocycles. The largest absolute Gasteiger partial charge is 0.260 e. The van der Waals surface area contributed by atoms with E-state index in [-0.39, 0.29) is 0 Å². The molecule has 0 fully saturated rings. The molecule has 0 aliphatic rings. The molecule has 0 spiro atoms. The van der Waals surface area contributed by atoms with E-state index >= 15 is 0 Å². The molecule has 3 nitrogen and oxygen atoms in total. The van der Waals surface area contributed by atoms with Crippen LogP contribution in [0, 0.1) is 6.92 Å². The van der Waals surface area contributed by atoms with Crippen molar-refractivity contribution < 1.29 is 0 Å². The highest BCUT2D eigenvalue weighted by atomic mass is 15.3. The lowest BCUT2D eigenvalue weighted by Gasteiger charge is -2.03. The molecule has 0 amide bonds. The molecule has 23 heavy (non-hydrogen) atoms. The Morgan fingerprint density at radius 1 is 0.826 bits per heavy atom. The van der Waals surface area contributed by atoms with Crippen LogP contribution in [0.2, 0.25) is 0 Å². The Morgan fingerprint density at radius 3 is 2.43 bits per heavy atom. The molecule has 4 rings (SSSR count). The highest BCUT2D eigenvalue weighted by molar-refractivity contribution is 5.92. The number of aryl methyl sites for hydroxylation is 1. The van der Waals surface area contributed by atoms with Crippen LogP contribution >= 0.6 is 0 Å². The van der Waals surface area contributed by atoms with E-state index in [0.717, 1.165) is 34.5 Å². The molecule has 0 aliphatic carbocycles. The first kappa shape index (κ1) is 13.7. The summed E-state index contributed by atoms with van der Waals surface area (Å²) < 4.78 is 2.06. The molecule has 2 aromatic carbocycles. The van der Waals surface area contributed by atoms with E-state index in [0.29, 0.717) is 0 Å². The summed E-state index contributed by atoms with van der Waals surface area (Å²) in [5.74, 6) is 0. The van der Waals surface area contributed by atoms with Crippen LogP contribution < -0.4 is 0 Å². The zero-order valence-corrected chi connectivity index (χ0v) is 13.0. The average Bonchev–Trinajstić information content (AvgIpc) is 2.95. The Hall–Kier alpha value is -2.94. The summed E-state index contributed by atoms with van der Waals surface area (Å²) >= 11 is 0. The lowest BCUT2D eigenvalue weighted by molar-refractivity contribution is 0.714. The van der Waals surface area contributed by atoms with Crippen LogP contribution in [0.1, 0.15) is 11.3 Å². The van der Waals surface area contributed by atoms with Gasteiger partial charge in [0.05, 0.1) is 17.8 Å². The summed E-state index contributed by atoms with van der Waals surface area (Å²) in [7, 11) is 0. The Balaban J connectivity index is 1.86. The van der Waals surface area contributed by atoms with Gasteiger partial charge in [0.15, 0.2) is 0 Å². The maximum absolute atomic E-state index is 4.85. The predicted molar refractivity (Wildman–Crippen MR) is 93.2 cm³/mol. The van der Waals surface area contributed by atoms with Crippen LogP contribution in [0.5, 0.6) is 0 Å². The number of hydrogen-bond acceptors (Lipinski definition) is 2. The van der Waals surface area contributed by atoms with Crippen molar-refractivity contribution in [1.29, 1.82) is 0 Å². The third kappa shape index (κ3) is 2.61. The fourth-order valence-corrected chi connectivity index (χ4v) is 2.87. The van der Waals surface area contributed by atoms with Crippen LogP contribution in [-0.4, -0.2) is 14.8 Å². The topological polar surface area (TPSA) is 30.7 Å². The molecule has 0 bridgehead atoms. The van der Waals surface area contributed by atoms with Crippen LogP contribution in [0.3, 0.4) is 0 Å². The van der Waals surface area contributed by atoms with Gasteiger partial charge in [0, 0.05) is 11.1 Å². The number of pyridine rings is 1. The molecule has 0 unspecified atom stereocenters. The van der Waals surface area contributed by atoms with E-state index < -0.39 is 0 Å². The molecule has 2 heterocycles. The van der Waals surface area contributed by atoms with Crippen molar-refractivity contribution in [3.63, 3.8) is 0 Å². The van der Waals surface area contributed by atoms with Crippen molar-refractivity contribution in [2.24, 2.45) is 0 Å². The Labute approximate surface area is 135 Å². The lowest BCUT2D eigenvalue weighted by Crippen LogP contribution is -2.01. The van der Waals surface area contributed by atoms with Crippen LogP contribution in [-0.2, 0) is 6.54 Å². The van der Waals surface area contributed by atoms with E-state index in [9.17, 15) is 0 Å². The monoisotopic (exact) mass is 299 g/mol. The van der Waals surface area contributed by atoms with Crippen molar-refractivity contribution in [2.75, 3.05) is 0 Å². The minimum absolute atomic E-state index is 0.757. The fourth-order valence-electron chi connectivity index (χ4n) is 2.87. The normalized spacial score (nSPS) is 11.0. The molecule has 4 aromatic rings. The molecule has 0 radical (unpaired) electrons. The Kier molecular flexibility index (Phi) is 3.39. The van der Waals surface area contributed by atoms with Crippen molar-refractivity contribution in [1.82, 2.24) is 14.8 Å². The molecular weight excluding hydrogens is 282 g/mol. The van der Waals surface area contributed by atoms with Gasteiger partial charge in [-0.2, -0.15) is 5.10 Å². The first-order valence-electron chi connectivity index (χ1n) is 7.75. The van der Waals surface area contributed by atoms with E-state index in [1.165, 1.54) is 5.56 Å². The second-order valence-electron chi connectivity index (χ2n) is 5.67. The lowest BCUT2D eigenvalue weighted by atomic mass is 10.1. The molecule has 3 heteroatoms. The zero-order valence-electron chi connectivity index (χ0n) is 13.0. The van der Waals surface area contributed by atoms with Gasteiger partial charge in [-0.15, -0.1) is 0 Å². The van der Waals surface area contributed by atoms with E-state index in [4.69, 9.17) is 5.10 Å². The van der Waals surface area contributed by atoms with Gasteiger partial charge in [-0.1, -0.05) is 54.6 Å². The third-order valence-electron chi connectivity index (χ3n) is 3.96. The van der Waals surface area contributed by atoms with Crippen LogP contribution in [0.25, 0.3) is 22.3 Å². The molecule has 0 aliphatic heterocycles. The minimum atomic E-state index is 0.757. The summed E-state index contributed by atoms with van der Waals surface area (Å²) in [6.07, 6.45) is 0. The maximum atomic E-state index is 4.85. The number of nitrogens with zero attached hydrogens (tertiary/aromatic N) is 3. The Morgan fingerprint density at radius 2 is 1.61 bits per heavy atom. The van der Waals surface area contributed by atoms with Crippen molar-refractivity contribution in [3.05, 3.63) is 84.1 Å². The second-order valence-corrected chi connectivity index (χ2v) is 5.67. The number of aromatic nitrogens is 3. The van der Waals surface area contributed by atoms with Gasteiger partial charge in [-0.3, -0.25) is 9.67 Å². The first-order valence-corrected chi connectivity index (χ1v) is 7.75. The van der Waals surface area contributed by atoms with Gasteiger partial charge in [0.25, 0.3) is 0 Å². The van der Waals surface area contributed by atoms with E-state index in [1.54, 1.807) is 0 Å². The summed E-state index contributed by atoms with van der Waals surface area (Å²) in [6.45, 7) is 2.76. The zero-order chi connectivity index (χ0) is 15.6. The fraction of sp³-hybridized carbons (Fsp3) is 0.100. The molecule has 2 aromatic heterocycles. The third-order valence-corrected chi connectivity index (χ3v) is 3.96. The minimum Gasteiger partial charge on any atom is -0.260 e. The standard InChI is InChI=1S/C20H17N3/c1-15-8-7-12-18(21-15)20-17-11-5-6-13-19(17)23(22-20)14-16-9-3-2-4-10-16/h2-13H,14H2,1H3. The molecule has 112 valence electrons. The number of rotatable bonds is 3. The van der Waals surface area contributed by atoms with Crippen molar-refractivity contribution in [2.45, 2.75) is 13.5 Å². The second kappa shape index (κ2) is 5.69. The maximum Gasteiger partial charge on any atom is 0.119 e. The molecule has 0 N–H and O–H groups in total. The summed E-state index contributed by atoms with van der Waals surface area (Å²) in [6, 6.07) is 24.8. The summed E-state index contributed by atoms with van der Waals surface area (Å²) in [5, 5.41) is 5.99. The highest BCUT2D eigenvalue weighted by Crippen LogP contribution is 2.27.